The minimum atomic E-state index is -0.855. The summed E-state index contributed by atoms with van der Waals surface area (Å²) in [6.07, 6.45) is 3.05. The highest BCUT2D eigenvalue weighted by Crippen LogP contribution is 2.37. The van der Waals surface area contributed by atoms with Crippen LogP contribution in [0.15, 0.2) is 24.3 Å². The van der Waals surface area contributed by atoms with E-state index in [2.05, 4.69) is 0 Å². The molecule has 22 heavy (non-hydrogen) atoms. The lowest BCUT2D eigenvalue weighted by Crippen LogP contribution is -2.45. The molecule has 0 aromatic heterocycles. The molecule has 1 aliphatic heterocycles. The van der Waals surface area contributed by atoms with Gasteiger partial charge in [-0.05, 0) is 49.3 Å². The molecule has 5 heteroatoms. The molecule has 1 N–H and O–H groups in total. The zero-order valence-corrected chi connectivity index (χ0v) is 12.4. The Morgan fingerprint density at radius 3 is 2.41 bits per heavy atom. The van der Waals surface area contributed by atoms with Crippen LogP contribution in [0.4, 0.5) is 4.39 Å². The quantitative estimate of drug-likeness (QED) is 0.929. The van der Waals surface area contributed by atoms with Gasteiger partial charge in [0.05, 0.1) is 11.8 Å². The van der Waals surface area contributed by atoms with Crippen molar-refractivity contribution in [3.05, 3.63) is 35.6 Å². The molecule has 0 spiro atoms. The summed E-state index contributed by atoms with van der Waals surface area (Å²) in [7, 11) is 0. The molecule has 1 saturated carbocycles. The molecule has 2 fully saturated rings. The highest BCUT2D eigenvalue weighted by molar-refractivity contribution is 5.86. The van der Waals surface area contributed by atoms with Crippen LogP contribution < -0.4 is 0 Å². The van der Waals surface area contributed by atoms with Gasteiger partial charge < -0.3 is 10.0 Å². The van der Waals surface area contributed by atoms with Gasteiger partial charge in [-0.2, -0.15) is 0 Å². The summed E-state index contributed by atoms with van der Waals surface area (Å²) in [5.74, 6) is -1.55. The highest BCUT2D eigenvalue weighted by atomic mass is 19.1. The summed E-state index contributed by atoms with van der Waals surface area (Å²) in [4.78, 5) is 25.3. The lowest BCUT2D eigenvalue weighted by atomic mass is 9.73. The number of amides is 1. The first kappa shape index (κ1) is 15.0. The van der Waals surface area contributed by atoms with Gasteiger partial charge in [-0.25, -0.2) is 4.39 Å². The van der Waals surface area contributed by atoms with Crippen molar-refractivity contribution in [3.8, 4) is 0 Å². The second kappa shape index (κ2) is 6.07. The van der Waals surface area contributed by atoms with Crippen LogP contribution in [-0.2, 0) is 16.0 Å². The molecule has 4 nitrogen and oxygen atoms in total. The van der Waals surface area contributed by atoms with E-state index in [1.807, 2.05) is 4.90 Å². The molecule has 1 aromatic carbocycles. The van der Waals surface area contributed by atoms with Crippen molar-refractivity contribution in [2.45, 2.75) is 25.7 Å². The number of hydrogen-bond donors (Lipinski definition) is 1. The zero-order valence-electron chi connectivity index (χ0n) is 12.4. The Labute approximate surface area is 128 Å². The van der Waals surface area contributed by atoms with Crippen molar-refractivity contribution in [2.75, 3.05) is 13.1 Å². The molecule has 1 heterocycles. The second-order valence-electron chi connectivity index (χ2n) is 6.40. The van der Waals surface area contributed by atoms with Crippen molar-refractivity contribution in [3.63, 3.8) is 0 Å². The summed E-state index contributed by atoms with van der Waals surface area (Å²) >= 11 is 0. The third-order valence-corrected chi connectivity index (χ3v) is 4.94. The number of carboxylic acids is 1. The number of aliphatic carboxylic acids is 1. The number of halogens is 1. The number of likely N-dealkylation sites (tertiary alicyclic amines) is 1. The van der Waals surface area contributed by atoms with E-state index in [4.69, 9.17) is 5.11 Å². The van der Waals surface area contributed by atoms with Gasteiger partial charge in [0.25, 0.3) is 0 Å². The Morgan fingerprint density at radius 1 is 1.14 bits per heavy atom. The van der Waals surface area contributed by atoms with Gasteiger partial charge in [-0.15, -0.1) is 0 Å². The molecule has 0 radical (unpaired) electrons. The van der Waals surface area contributed by atoms with Gasteiger partial charge in [0.15, 0.2) is 0 Å². The van der Waals surface area contributed by atoms with Crippen molar-refractivity contribution in [1.29, 1.82) is 0 Å². The summed E-state index contributed by atoms with van der Waals surface area (Å²) in [5.41, 5.74) is 1.08. The molecule has 1 amide bonds. The summed E-state index contributed by atoms with van der Waals surface area (Å²) in [6.45, 7) is 1.38. The van der Waals surface area contributed by atoms with E-state index in [1.54, 1.807) is 12.1 Å². The fraction of sp³-hybridized carbons (Fsp3) is 0.529. The van der Waals surface area contributed by atoms with Gasteiger partial charge in [0, 0.05) is 13.1 Å². The fourth-order valence-corrected chi connectivity index (χ4v) is 3.48. The molecule has 118 valence electrons. The number of carbonyl (C=O) groups is 2. The van der Waals surface area contributed by atoms with Crippen molar-refractivity contribution >= 4 is 11.9 Å². The van der Waals surface area contributed by atoms with Crippen LogP contribution in [0.3, 0.4) is 0 Å². The van der Waals surface area contributed by atoms with Gasteiger partial charge in [-0.1, -0.05) is 12.1 Å². The Bertz CT molecular complexity index is 572. The average Bonchev–Trinajstić information content (AvgIpc) is 2.88. The number of carbonyl (C=O) groups excluding carboxylic acids is 1. The van der Waals surface area contributed by atoms with E-state index < -0.39 is 11.9 Å². The van der Waals surface area contributed by atoms with E-state index in [9.17, 15) is 14.0 Å². The fourth-order valence-electron chi connectivity index (χ4n) is 3.48. The normalized spacial score (nSPS) is 27.5. The SMILES string of the molecule is O=C(O)C1CCC1C(=O)N1CCC(Cc2ccc(F)cc2)C1. The largest absolute Gasteiger partial charge is 0.481 e. The average molecular weight is 305 g/mol. The van der Waals surface area contributed by atoms with Gasteiger partial charge >= 0.3 is 5.97 Å². The molecule has 0 bridgehead atoms. The summed E-state index contributed by atoms with van der Waals surface area (Å²) < 4.78 is 12.9. The molecule has 3 rings (SSSR count). The molecular formula is C17H20FNO3. The van der Waals surface area contributed by atoms with Crippen LogP contribution in [0.25, 0.3) is 0 Å². The maximum absolute atomic E-state index is 12.9. The molecule has 2 aliphatic rings. The summed E-state index contributed by atoms with van der Waals surface area (Å²) in [6, 6.07) is 6.48. The Morgan fingerprint density at radius 2 is 1.82 bits per heavy atom. The van der Waals surface area contributed by atoms with E-state index in [1.165, 1.54) is 12.1 Å². The van der Waals surface area contributed by atoms with Crippen LogP contribution in [-0.4, -0.2) is 35.0 Å². The van der Waals surface area contributed by atoms with Crippen LogP contribution >= 0.6 is 0 Å². The van der Waals surface area contributed by atoms with Gasteiger partial charge in [-0.3, -0.25) is 9.59 Å². The number of nitrogens with zero attached hydrogens (tertiary/aromatic N) is 1. The Kier molecular flexibility index (Phi) is 4.14. The van der Waals surface area contributed by atoms with Crippen LogP contribution in [0.5, 0.6) is 0 Å². The van der Waals surface area contributed by atoms with Crippen LogP contribution in [0.1, 0.15) is 24.8 Å². The van der Waals surface area contributed by atoms with E-state index in [0.717, 1.165) is 18.4 Å². The molecule has 1 saturated heterocycles. The molecule has 1 aromatic rings. The second-order valence-corrected chi connectivity index (χ2v) is 6.40. The first-order chi connectivity index (χ1) is 10.5. The minimum Gasteiger partial charge on any atom is -0.481 e. The predicted octanol–water partition coefficient (Wildman–Crippen LogP) is 2.33. The molecule has 3 unspecified atom stereocenters. The number of hydrogen-bond acceptors (Lipinski definition) is 2. The topological polar surface area (TPSA) is 57.6 Å². The minimum absolute atomic E-state index is 0.000237. The maximum Gasteiger partial charge on any atom is 0.307 e. The van der Waals surface area contributed by atoms with Crippen molar-refractivity contribution < 1.29 is 19.1 Å². The Hall–Kier alpha value is -1.91. The highest BCUT2D eigenvalue weighted by Gasteiger charge is 2.44. The number of carboxylic acid groups (broad SMARTS) is 1. The van der Waals surface area contributed by atoms with E-state index in [0.29, 0.717) is 31.8 Å². The van der Waals surface area contributed by atoms with E-state index in [-0.39, 0.29) is 17.6 Å². The van der Waals surface area contributed by atoms with Gasteiger partial charge in [0.2, 0.25) is 5.91 Å². The maximum atomic E-state index is 12.9. The zero-order chi connectivity index (χ0) is 15.7. The monoisotopic (exact) mass is 305 g/mol. The standard InChI is InChI=1S/C17H20FNO3/c18-13-3-1-11(2-4-13)9-12-7-8-19(10-12)16(20)14-5-6-15(14)17(21)22/h1-4,12,14-15H,5-10H2,(H,21,22). The summed E-state index contributed by atoms with van der Waals surface area (Å²) in [5, 5.41) is 9.06. The Balaban J connectivity index is 1.54. The smallest absolute Gasteiger partial charge is 0.307 e. The van der Waals surface area contributed by atoms with Crippen LogP contribution in [0, 0.1) is 23.6 Å². The van der Waals surface area contributed by atoms with Gasteiger partial charge in [0.1, 0.15) is 5.82 Å². The van der Waals surface area contributed by atoms with E-state index >= 15 is 0 Å². The first-order valence-electron chi connectivity index (χ1n) is 7.80. The lowest BCUT2D eigenvalue weighted by molar-refractivity contribution is -0.156. The van der Waals surface area contributed by atoms with Crippen molar-refractivity contribution in [2.24, 2.45) is 17.8 Å². The number of benzene rings is 1. The molecular weight excluding hydrogens is 285 g/mol. The van der Waals surface area contributed by atoms with Crippen LogP contribution in [0.2, 0.25) is 0 Å². The third-order valence-electron chi connectivity index (χ3n) is 4.94. The number of rotatable bonds is 4. The van der Waals surface area contributed by atoms with Crippen molar-refractivity contribution in [1.82, 2.24) is 4.90 Å². The third kappa shape index (κ3) is 2.98. The lowest BCUT2D eigenvalue weighted by Gasteiger charge is -2.35. The predicted molar refractivity (Wildman–Crippen MR) is 78.6 cm³/mol. The molecule has 3 atom stereocenters. The first-order valence-corrected chi connectivity index (χ1v) is 7.80. The molecule has 1 aliphatic carbocycles.